The van der Waals surface area contributed by atoms with E-state index in [9.17, 15) is 10.1 Å². The SMILES string of the molecule is CC(C)C(Cc1ccccc1[N+](=O)[O-])N1CCNCC1. The Hall–Kier alpha value is -1.46. The van der Waals surface area contributed by atoms with Crippen LogP contribution in [0.1, 0.15) is 19.4 Å². The van der Waals surface area contributed by atoms with Crippen LogP contribution in [0.5, 0.6) is 0 Å². The van der Waals surface area contributed by atoms with Crippen molar-refractivity contribution in [1.29, 1.82) is 0 Å². The summed E-state index contributed by atoms with van der Waals surface area (Å²) in [4.78, 5) is 13.3. The molecule has 1 atom stereocenters. The topological polar surface area (TPSA) is 58.4 Å². The molecular formula is C15H23N3O2. The summed E-state index contributed by atoms with van der Waals surface area (Å²) in [5, 5.41) is 14.5. The fourth-order valence-electron chi connectivity index (χ4n) is 2.89. The molecule has 1 unspecified atom stereocenters. The Morgan fingerprint density at radius 1 is 1.30 bits per heavy atom. The van der Waals surface area contributed by atoms with E-state index in [4.69, 9.17) is 0 Å². The van der Waals surface area contributed by atoms with Gasteiger partial charge in [0.1, 0.15) is 0 Å². The molecule has 1 aromatic carbocycles. The summed E-state index contributed by atoms with van der Waals surface area (Å²) in [5.41, 5.74) is 1.09. The minimum atomic E-state index is -0.273. The summed E-state index contributed by atoms with van der Waals surface area (Å²) in [5.74, 6) is 0.480. The molecule has 0 spiro atoms. The molecule has 5 nitrogen and oxygen atoms in total. The molecule has 0 radical (unpaired) electrons. The van der Waals surface area contributed by atoms with Gasteiger partial charge < -0.3 is 5.32 Å². The van der Waals surface area contributed by atoms with Crippen molar-refractivity contribution < 1.29 is 4.92 Å². The Balaban J connectivity index is 2.17. The highest BCUT2D eigenvalue weighted by Crippen LogP contribution is 2.24. The quantitative estimate of drug-likeness (QED) is 0.661. The van der Waals surface area contributed by atoms with Crippen molar-refractivity contribution in [2.75, 3.05) is 26.2 Å². The Kier molecular flexibility index (Phi) is 5.09. The zero-order valence-corrected chi connectivity index (χ0v) is 12.2. The first-order valence-corrected chi connectivity index (χ1v) is 7.26. The number of benzene rings is 1. The first-order chi connectivity index (χ1) is 9.59. The Morgan fingerprint density at radius 3 is 2.55 bits per heavy atom. The Labute approximate surface area is 120 Å². The van der Waals surface area contributed by atoms with E-state index in [1.165, 1.54) is 0 Å². The molecule has 0 aromatic heterocycles. The predicted octanol–water partition coefficient (Wildman–Crippen LogP) is 2.07. The minimum absolute atomic E-state index is 0.244. The Morgan fingerprint density at radius 2 is 1.95 bits per heavy atom. The molecule has 1 fully saturated rings. The van der Waals surface area contributed by atoms with Crippen LogP contribution >= 0.6 is 0 Å². The van der Waals surface area contributed by atoms with Gasteiger partial charge in [0.25, 0.3) is 5.69 Å². The van der Waals surface area contributed by atoms with Gasteiger partial charge in [0.15, 0.2) is 0 Å². The third-order valence-corrected chi connectivity index (χ3v) is 4.01. The molecule has 110 valence electrons. The van der Waals surface area contributed by atoms with Gasteiger partial charge in [-0.2, -0.15) is 0 Å². The smallest absolute Gasteiger partial charge is 0.272 e. The van der Waals surface area contributed by atoms with Crippen LogP contribution in [0.25, 0.3) is 0 Å². The van der Waals surface area contributed by atoms with Crippen molar-refractivity contribution in [2.24, 2.45) is 5.92 Å². The lowest BCUT2D eigenvalue weighted by atomic mass is 9.93. The molecule has 0 bridgehead atoms. The summed E-state index contributed by atoms with van der Waals surface area (Å²) < 4.78 is 0. The van der Waals surface area contributed by atoms with Gasteiger partial charge in [0, 0.05) is 43.9 Å². The van der Waals surface area contributed by atoms with Crippen molar-refractivity contribution in [3.63, 3.8) is 0 Å². The fourth-order valence-corrected chi connectivity index (χ4v) is 2.89. The number of nitro benzene ring substituents is 1. The van der Waals surface area contributed by atoms with Gasteiger partial charge in [-0.1, -0.05) is 32.0 Å². The van der Waals surface area contributed by atoms with E-state index in [2.05, 4.69) is 24.1 Å². The first kappa shape index (κ1) is 14.9. The zero-order valence-electron chi connectivity index (χ0n) is 12.2. The molecule has 1 aliphatic rings. The second-order valence-corrected chi connectivity index (χ2v) is 5.69. The van der Waals surface area contributed by atoms with Gasteiger partial charge in [-0.3, -0.25) is 15.0 Å². The summed E-state index contributed by atoms with van der Waals surface area (Å²) in [6.07, 6.45) is 0.745. The first-order valence-electron chi connectivity index (χ1n) is 7.26. The fraction of sp³-hybridized carbons (Fsp3) is 0.600. The van der Waals surface area contributed by atoms with Crippen LogP contribution in [0, 0.1) is 16.0 Å². The van der Waals surface area contributed by atoms with Crippen LogP contribution in [0.15, 0.2) is 24.3 Å². The van der Waals surface area contributed by atoms with E-state index in [1.807, 2.05) is 12.1 Å². The molecule has 5 heteroatoms. The van der Waals surface area contributed by atoms with E-state index in [1.54, 1.807) is 12.1 Å². The number of hydrogen-bond acceptors (Lipinski definition) is 4. The van der Waals surface area contributed by atoms with Crippen molar-refractivity contribution in [3.05, 3.63) is 39.9 Å². The molecule has 20 heavy (non-hydrogen) atoms. The van der Waals surface area contributed by atoms with Crippen LogP contribution < -0.4 is 5.32 Å². The number of nitrogens with zero attached hydrogens (tertiary/aromatic N) is 2. The second kappa shape index (κ2) is 6.81. The van der Waals surface area contributed by atoms with Gasteiger partial charge >= 0.3 is 0 Å². The third-order valence-electron chi connectivity index (χ3n) is 4.01. The van der Waals surface area contributed by atoms with Crippen molar-refractivity contribution in [3.8, 4) is 0 Å². The molecule has 0 saturated carbocycles. The van der Waals surface area contributed by atoms with E-state index >= 15 is 0 Å². The number of hydrogen-bond donors (Lipinski definition) is 1. The standard InChI is InChI=1S/C15H23N3O2/c1-12(2)15(17-9-7-16-8-10-17)11-13-5-3-4-6-14(13)18(19)20/h3-6,12,15-16H,7-11H2,1-2H3. The van der Waals surface area contributed by atoms with Crippen molar-refractivity contribution >= 4 is 5.69 Å². The van der Waals surface area contributed by atoms with Crippen LogP contribution in [0.2, 0.25) is 0 Å². The largest absolute Gasteiger partial charge is 0.314 e. The summed E-state index contributed by atoms with van der Waals surface area (Å²) in [6, 6.07) is 7.47. The minimum Gasteiger partial charge on any atom is -0.314 e. The number of piperazine rings is 1. The maximum Gasteiger partial charge on any atom is 0.272 e. The number of nitro groups is 1. The third kappa shape index (κ3) is 3.55. The highest BCUT2D eigenvalue weighted by molar-refractivity contribution is 5.40. The summed E-state index contributed by atoms with van der Waals surface area (Å²) in [7, 11) is 0. The van der Waals surface area contributed by atoms with E-state index < -0.39 is 0 Å². The normalized spacial score (nSPS) is 18.1. The molecule has 1 aromatic rings. The molecule has 1 N–H and O–H groups in total. The molecule has 0 aliphatic carbocycles. The summed E-state index contributed by atoms with van der Waals surface area (Å²) in [6.45, 7) is 8.43. The average Bonchev–Trinajstić information content (AvgIpc) is 2.45. The van der Waals surface area contributed by atoms with Gasteiger partial charge in [0.05, 0.1) is 4.92 Å². The lowest BCUT2D eigenvalue weighted by Crippen LogP contribution is -2.50. The monoisotopic (exact) mass is 277 g/mol. The van der Waals surface area contributed by atoms with Gasteiger partial charge in [-0.05, 0) is 12.3 Å². The lowest BCUT2D eigenvalue weighted by Gasteiger charge is -2.37. The number of nitrogens with one attached hydrogen (secondary N) is 1. The van der Waals surface area contributed by atoms with E-state index in [0.29, 0.717) is 12.0 Å². The molecule has 1 aliphatic heterocycles. The molecular weight excluding hydrogens is 254 g/mol. The van der Waals surface area contributed by atoms with Crippen molar-refractivity contribution in [2.45, 2.75) is 26.3 Å². The van der Waals surface area contributed by atoms with Crippen LogP contribution in [-0.4, -0.2) is 42.0 Å². The van der Waals surface area contributed by atoms with Crippen LogP contribution in [0.3, 0.4) is 0 Å². The highest BCUT2D eigenvalue weighted by atomic mass is 16.6. The van der Waals surface area contributed by atoms with Gasteiger partial charge in [0.2, 0.25) is 0 Å². The maximum atomic E-state index is 11.1. The zero-order chi connectivity index (χ0) is 14.5. The molecule has 1 heterocycles. The van der Waals surface area contributed by atoms with Crippen LogP contribution in [0.4, 0.5) is 5.69 Å². The maximum absolute atomic E-state index is 11.1. The molecule has 2 rings (SSSR count). The van der Waals surface area contributed by atoms with E-state index in [-0.39, 0.29) is 10.6 Å². The van der Waals surface area contributed by atoms with E-state index in [0.717, 1.165) is 38.2 Å². The van der Waals surface area contributed by atoms with Crippen LogP contribution in [-0.2, 0) is 6.42 Å². The number of rotatable bonds is 5. The highest BCUT2D eigenvalue weighted by Gasteiger charge is 2.26. The second-order valence-electron chi connectivity index (χ2n) is 5.69. The predicted molar refractivity (Wildman–Crippen MR) is 79.9 cm³/mol. The van der Waals surface area contributed by atoms with Gasteiger partial charge in [-0.15, -0.1) is 0 Å². The molecule has 0 amide bonds. The van der Waals surface area contributed by atoms with Crippen molar-refractivity contribution in [1.82, 2.24) is 10.2 Å². The summed E-state index contributed by atoms with van der Waals surface area (Å²) >= 11 is 0. The lowest BCUT2D eigenvalue weighted by molar-refractivity contribution is -0.385. The Bertz CT molecular complexity index is 456. The molecule has 1 saturated heterocycles. The average molecular weight is 277 g/mol. The van der Waals surface area contributed by atoms with Gasteiger partial charge in [-0.25, -0.2) is 0 Å². The number of para-hydroxylation sites is 1.